The minimum atomic E-state index is -0.490. The zero-order valence-corrected chi connectivity index (χ0v) is 16.8. The maximum absolute atomic E-state index is 13.7. The summed E-state index contributed by atoms with van der Waals surface area (Å²) in [6.45, 7) is 1.28. The zero-order chi connectivity index (χ0) is 21.8. The van der Waals surface area contributed by atoms with Gasteiger partial charge in [-0.25, -0.2) is 9.18 Å². The number of rotatable bonds is 6. The van der Waals surface area contributed by atoms with Gasteiger partial charge in [0, 0.05) is 37.5 Å². The van der Waals surface area contributed by atoms with Crippen LogP contribution in [-0.2, 0) is 14.3 Å². The van der Waals surface area contributed by atoms with Crippen LogP contribution in [0.3, 0.4) is 0 Å². The van der Waals surface area contributed by atoms with Crippen LogP contribution in [0.2, 0.25) is 0 Å². The molecule has 1 unspecified atom stereocenters. The van der Waals surface area contributed by atoms with Crippen LogP contribution in [0.25, 0.3) is 11.3 Å². The van der Waals surface area contributed by atoms with Crippen LogP contribution < -0.4 is 5.32 Å². The van der Waals surface area contributed by atoms with Crippen LogP contribution >= 0.6 is 0 Å². The highest BCUT2D eigenvalue weighted by Gasteiger charge is 2.30. The number of amides is 4. The lowest BCUT2D eigenvalue weighted by Crippen LogP contribution is -2.43. The Balaban J connectivity index is 1.40. The van der Waals surface area contributed by atoms with Crippen molar-refractivity contribution in [3.05, 3.63) is 48.2 Å². The summed E-state index contributed by atoms with van der Waals surface area (Å²) in [6.07, 6.45) is 3.18. The van der Waals surface area contributed by atoms with Crippen molar-refractivity contribution in [3.8, 4) is 11.3 Å². The maximum atomic E-state index is 13.7. The Kier molecular flexibility index (Phi) is 6.17. The van der Waals surface area contributed by atoms with Gasteiger partial charge >= 0.3 is 6.03 Å². The molecular formula is C21H22FN5O4. The molecule has 2 aliphatic rings. The summed E-state index contributed by atoms with van der Waals surface area (Å²) in [5.74, 6) is -0.742. The van der Waals surface area contributed by atoms with E-state index in [-0.39, 0.29) is 37.1 Å². The average molecular weight is 427 g/mol. The number of hydrogen-bond acceptors (Lipinski definition) is 6. The van der Waals surface area contributed by atoms with E-state index in [0.717, 1.165) is 4.90 Å². The van der Waals surface area contributed by atoms with Crippen LogP contribution in [-0.4, -0.2) is 70.4 Å². The first kappa shape index (κ1) is 20.9. The normalized spacial score (nSPS) is 18.9. The van der Waals surface area contributed by atoms with Gasteiger partial charge in [-0.3, -0.25) is 24.5 Å². The number of morpholine rings is 1. The van der Waals surface area contributed by atoms with Crippen molar-refractivity contribution < 1.29 is 23.5 Å². The third kappa shape index (κ3) is 4.69. The van der Waals surface area contributed by atoms with Crippen molar-refractivity contribution >= 4 is 17.8 Å². The van der Waals surface area contributed by atoms with E-state index in [9.17, 15) is 18.8 Å². The highest BCUT2D eigenvalue weighted by atomic mass is 19.1. The maximum Gasteiger partial charge on any atom is 0.324 e. The van der Waals surface area contributed by atoms with Gasteiger partial charge in [0.25, 0.3) is 0 Å². The number of imide groups is 1. The van der Waals surface area contributed by atoms with Crippen molar-refractivity contribution in [2.24, 2.45) is 0 Å². The summed E-state index contributed by atoms with van der Waals surface area (Å²) in [5, 5.41) is 2.46. The second-order valence-corrected chi connectivity index (χ2v) is 7.31. The summed E-state index contributed by atoms with van der Waals surface area (Å²) in [6, 6.07) is 5.67. The van der Waals surface area contributed by atoms with Gasteiger partial charge in [0.15, 0.2) is 0 Å². The number of benzene rings is 1. The molecule has 1 aromatic carbocycles. The lowest BCUT2D eigenvalue weighted by Gasteiger charge is -2.33. The van der Waals surface area contributed by atoms with Crippen LogP contribution in [0.4, 0.5) is 9.18 Å². The Bertz CT molecular complexity index is 985. The lowest BCUT2D eigenvalue weighted by atomic mass is 10.0. The molecule has 0 bridgehead atoms. The first-order valence-corrected chi connectivity index (χ1v) is 10.1. The van der Waals surface area contributed by atoms with E-state index in [0.29, 0.717) is 43.1 Å². The Morgan fingerprint density at radius 1 is 1.26 bits per heavy atom. The molecular weight excluding hydrogens is 405 g/mol. The third-order valence-corrected chi connectivity index (χ3v) is 5.26. The average Bonchev–Trinajstić information content (AvgIpc) is 3.11. The summed E-state index contributed by atoms with van der Waals surface area (Å²) in [7, 11) is 0. The predicted molar refractivity (Wildman–Crippen MR) is 107 cm³/mol. The molecule has 1 atom stereocenters. The van der Waals surface area contributed by atoms with E-state index >= 15 is 0 Å². The number of aromatic nitrogens is 2. The highest BCUT2D eigenvalue weighted by Crippen LogP contribution is 2.29. The molecule has 4 amide bonds. The van der Waals surface area contributed by atoms with Crippen molar-refractivity contribution in [2.75, 3.05) is 32.8 Å². The monoisotopic (exact) mass is 427 g/mol. The third-order valence-electron chi connectivity index (χ3n) is 5.26. The van der Waals surface area contributed by atoms with Crippen molar-refractivity contribution in [2.45, 2.75) is 18.9 Å². The Morgan fingerprint density at radius 3 is 2.87 bits per heavy atom. The summed E-state index contributed by atoms with van der Waals surface area (Å²) in [4.78, 5) is 47.5. The van der Waals surface area contributed by atoms with Crippen molar-refractivity contribution in [3.63, 3.8) is 0 Å². The molecule has 0 aliphatic carbocycles. The Hall–Kier alpha value is -3.40. The molecule has 31 heavy (non-hydrogen) atoms. The van der Waals surface area contributed by atoms with Crippen molar-refractivity contribution in [1.82, 2.24) is 25.1 Å². The van der Waals surface area contributed by atoms with Gasteiger partial charge in [0.05, 0.1) is 31.1 Å². The van der Waals surface area contributed by atoms with Crippen LogP contribution in [0.5, 0.6) is 0 Å². The summed E-state index contributed by atoms with van der Waals surface area (Å²) < 4.78 is 19.5. The minimum absolute atomic E-state index is 0.00365. The number of ether oxygens (including phenoxy) is 1. The number of hydrogen-bond donors (Lipinski definition) is 1. The van der Waals surface area contributed by atoms with E-state index in [4.69, 9.17) is 4.74 Å². The fourth-order valence-electron chi connectivity index (χ4n) is 3.71. The molecule has 2 fully saturated rings. The summed E-state index contributed by atoms with van der Waals surface area (Å²) in [5.41, 5.74) is 1.65. The smallest absolute Gasteiger partial charge is 0.324 e. The highest BCUT2D eigenvalue weighted by molar-refractivity contribution is 6.01. The van der Waals surface area contributed by atoms with Gasteiger partial charge in [-0.15, -0.1) is 0 Å². The van der Waals surface area contributed by atoms with Crippen LogP contribution in [0, 0.1) is 5.82 Å². The van der Waals surface area contributed by atoms with Gasteiger partial charge in [-0.2, -0.15) is 0 Å². The quantitative estimate of drug-likeness (QED) is 0.701. The minimum Gasteiger partial charge on any atom is -0.368 e. The molecule has 0 radical (unpaired) electrons. The second kappa shape index (κ2) is 9.17. The molecule has 10 heteroatoms. The first-order valence-electron chi connectivity index (χ1n) is 10.1. The first-order chi connectivity index (χ1) is 15.0. The summed E-state index contributed by atoms with van der Waals surface area (Å²) >= 11 is 0. The second-order valence-electron chi connectivity index (χ2n) is 7.31. The molecule has 4 rings (SSSR count). The molecule has 3 heterocycles. The topological polar surface area (TPSA) is 105 Å². The van der Waals surface area contributed by atoms with E-state index < -0.39 is 12.1 Å². The van der Waals surface area contributed by atoms with E-state index in [1.54, 1.807) is 23.2 Å². The number of urea groups is 1. The zero-order valence-electron chi connectivity index (χ0n) is 16.8. The number of carbonyl (C=O) groups is 3. The van der Waals surface area contributed by atoms with E-state index in [1.807, 2.05) is 0 Å². The molecule has 0 spiro atoms. The van der Waals surface area contributed by atoms with Gasteiger partial charge < -0.3 is 15.0 Å². The largest absolute Gasteiger partial charge is 0.368 e. The molecule has 2 aliphatic heterocycles. The van der Waals surface area contributed by atoms with E-state index in [2.05, 4.69) is 15.3 Å². The van der Waals surface area contributed by atoms with Gasteiger partial charge in [-0.1, -0.05) is 12.1 Å². The van der Waals surface area contributed by atoms with Gasteiger partial charge in [0.2, 0.25) is 11.8 Å². The predicted octanol–water partition coefficient (Wildman–Crippen LogP) is 1.51. The van der Waals surface area contributed by atoms with Gasteiger partial charge in [0.1, 0.15) is 11.9 Å². The molecule has 1 N–H and O–H groups in total. The number of carbonyl (C=O) groups excluding carboxylic acids is 3. The Morgan fingerprint density at radius 2 is 2.10 bits per heavy atom. The standard InChI is InChI=1S/C21H22FN5O4/c22-15-4-1-3-14(11-15)19-20(24-7-6-23-19)16-13-26(9-10-31-16)17(28)5-2-8-27-18(29)12-25-21(27)30/h1,3-4,6-7,11,16H,2,5,8-10,12-13H2,(H,25,30). The molecule has 0 saturated carbocycles. The molecule has 9 nitrogen and oxygen atoms in total. The Labute approximate surface area is 178 Å². The fraction of sp³-hybridized carbons (Fsp3) is 0.381. The molecule has 2 aromatic rings. The number of nitrogens with zero attached hydrogens (tertiary/aromatic N) is 4. The fourth-order valence-corrected chi connectivity index (χ4v) is 3.71. The van der Waals surface area contributed by atoms with Gasteiger partial charge in [-0.05, 0) is 18.6 Å². The number of halogens is 1. The lowest BCUT2D eigenvalue weighted by molar-refractivity contribution is -0.139. The van der Waals surface area contributed by atoms with E-state index in [1.165, 1.54) is 18.3 Å². The van der Waals surface area contributed by atoms with Crippen LogP contribution in [0.15, 0.2) is 36.7 Å². The SMILES string of the molecule is O=C(CCCN1C(=O)CNC1=O)N1CCOC(c2nccnc2-c2cccc(F)c2)C1. The van der Waals surface area contributed by atoms with Crippen molar-refractivity contribution in [1.29, 1.82) is 0 Å². The molecule has 1 aromatic heterocycles. The number of nitrogens with one attached hydrogen (secondary N) is 1. The van der Waals surface area contributed by atoms with Crippen LogP contribution in [0.1, 0.15) is 24.6 Å². The molecule has 162 valence electrons. The molecule has 2 saturated heterocycles.